The molecule has 3 aliphatic carbocycles. The monoisotopic (exact) mass is 1000 g/mol. The first kappa shape index (κ1) is 48.4. The number of para-hydroxylation sites is 4. The highest BCUT2D eigenvalue weighted by Gasteiger charge is 2.61. The third-order valence-electron chi connectivity index (χ3n) is 17.7. The molecule has 0 amide bonds. The summed E-state index contributed by atoms with van der Waals surface area (Å²) in [5.41, 5.74) is 11.9. The fourth-order valence-corrected chi connectivity index (χ4v) is 13.8. The number of hydrogen-bond acceptors (Lipinski definition) is 5. The summed E-state index contributed by atoms with van der Waals surface area (Å²) < 4.78 is 7.84. The van der Waals surface area contributed by atoms with Crippen molar-refractivity contribution < 1.29 is 14.3 Å². The van der Waals surface area contributed by atoms with Crippen LogP contribution in [0.3, 0.4) is 0 Å². The minimum absolute atomic E-state index is 0.0133. The van der Waals surface area contributed by atoms with Crippen molar-refractivity contribution in [2.45, 2.75) is 75.2 Å². The van der Waals surface area contributed by atoms with Crippen LogP contribution in [0.25, 0.3) is 11.1 Å². The molecule has 4 aliphatic rings. The molecule has 5 heteroatoms. The maximum absolute atomic E-state index is 15.5. The molecule has 1 aliphatic heterocycles. The predicted molar refractivity (Wildman–Crippen MR) is 313 cm³/mol. The number of nitrogens with zero attached hydrogens (tertiary/aromatic N) is 2. The molecular formula is C72H64N2O3. The van der Waals surface area contributed by atoms with Gasteiger partial charge in [-0.2, -0.15) is 0 Å². The van der Waals surface area contributed by atoms with Crippen molar-refractivity contribution in [3.63, 3.8) is 0 Å². The van der Waals surface area contributed by atoms with E-state index in [1.807, 2.05) is 72.8 Å². The number of ether oxygens (including phenoxy) is 1. The Morgan fingerprint density at radius 3 is 1.48 bits per heavy atom. The molecule has 3 saturated carbocycles. The lowest BCUT2D eigenvalue weighted by molar-refractivity contribution is -0.0488. The number of carbonyl (C=O) groups excluding carboxylic acids is 2. The lowest BCUT2D eigenvalue weighted by Crippen LogP contribution is -2.53. The van der Waals surface area contributed by atoms with Crippen molar-refractivity contribution in [2.75, 3.05) is 9.80 Å². The molecule has 7 atom stereocenters. The molecule has 0 aromatic heterocycles. The first-order valence-electron chi connectivity index (χ1n) is 28.1. The van der Waals surface area contributed by atoms with Gasteiger partial charge >= 0.3 is 0 Å². The minimum atomic E-state index is -0.635. The predicted octanol–water partition coefficient (Wildman–Crippen LogP) is 18.4. The Labute approximate surface area is 453 Å². The summed E-state index contributed by atoms with van der Waals surface area (Å²) >= 11 is 0. The van der Waals surface area contributed by atoms with E-state index in [2.05, 4.69) is 180 Å². The molecule has 5 nitrogen and oxygen atoms in total. The average molecular weight is 1010 g/mol. The van der Waals surface area contributed by atoms with Gasteiger partial charge in [0.25, 0.3) is 0 Å². The molecule has 0 radical (unpaired) electrons. The Bertz CT molecular complexity index is 3400. The van der Waals surface area contributed by atoms with Crippen LogP contribution < -0.4 is 14.5 Å². The van der Waals surface area contributed by atoms with E-state index in [9.17, 15) is 0 Å². The number of hydrogen-bond donors (Lipinski definition) is 0. The summed E-state index contributed by atoms with van der Waals surface area (Å²) in [6.07, 6.45) is 9.79. The highest BCUT2D eigenvalue weighted by Crippen LogP contribution is 2.64. The molecule has 77 heavy (non-hydrogen) atoms. The Morgan fingerprint density at radius 1 is 0.455 bits per heavy atom. The van der Waals surface area contributed by atoms with Crippen molar-refractivity contribution in [3.05, 3.63) is 270 Å². The number of Topliss-reactive ketones (excluding diaryl/α,β-unsaturated/α-hetero) is 1. The Morgan fingerprint density at radius 2 is 0.935 bits per heavy atom. The van der Waals surface area contributed by atoms with E-state index in [-0.39, 0.29) is 35.2 Å². The van der Waals surface area contributed by atoms with E-state index in [1.54, 1.807) is 0 Å². The average Bonchev–Trinajstić information content (AvgIpc) is 4.37. The number of carbonyl (C=O) groups is 2. The second kappa shape index (κ2) is 21.0. The lowest BCUT2D eigenvalue weighted by Gasteiger charge is -2.50. The van der Waals surface area contributed by atoms with E-state index >= 15 is 9.59 Å². The van der Waals surface area contributed by atoms with Gasteiger partial charge in [0.1, 0.15) is 11.4 Å². The zero-order chi connectivity index (χ0) is 51.7. The lowest BCUT2D eigenvalue weighted by atomic mass is 9.56. The van der Waals surface area contributed by atoms with Gasteiger partial charge in [-0.25, -0.2) is 0 Å². The van der Waals surface area contributed by atoms with Gasteiger partial charge in [0.15, 0.2) is 11.6 Å². The summed E-state index contributed by atoms with van der Waals surface area (Å²) in [5, 5.41) is 0. The zero-order valence-corrected chi connectivity index (χ0v) is 43.5. The molecule has 9 aromatic carbocycles. The number of rotatable bonds is 13. The molecule has 0 N–H and O–H groups in total. The molecular weight excluding hydrogens is 941 g/mol. The van der Waals surface area contributed by atoms with E-state index in [4.69, 9.17) is 4.74 Å². The normalized spacial score (nSPS) is 22.3. The van der Waals surface area contributed by atoms with Gasteiger partial charge in [-0.15, -0.1) is 0 Å². The fourth-order valence-electron chi connectivity index (χ4n) is 13.8. The SMILES string of the molecule is O=C(c1ccccc1)c1cc2c(cc1-c1ccc(N(c3ccccc3)c3ccccc3)cc1)C1CC(c3ccc(N(c4ccccc4)c4ccccc4)cc3)C(C(=O)c3ccccc3)CC1(C1CCCCC[C@H]3CC3C1)O2. The quantitative estimate of drug-likeness (QED) is 0.108. The van der Waals surface area contributed by atoms with Crippen LogP contribution in [0.4, 0.5) is 34.1 Å². The molecule has 0 spiro atoms. The van der Waals surface area contributed by atoms with Crippen LogP contribution in [0.5, 0.6) is 5.75 Å². The maximum atomic E-state index is 15.5. The first-order chi connectivity index (χ1) is 38.0. The van der Waals surface area contributed by atoms with E-state index in [0.717, 1.165) is 99.3 Å². The second-order valence-corrected chi connectivity index (χ2v) is 22.1. The van der Waals surface area contributed by atoms with E-state index in [0.29, 0.717) is 23.5 Å². The highest BCUT2D eigenvalue weighted by molar-refractivity contribution is 6.13. The van der Waals surface area contributed by atoms with Crippen LogP contribution in [-0.4, -0.2) is 17.2 Å². The summed E-state index contributed by atoms with van der Waals surface area (Å²) in [6, 6.07) is 83.9. The van der Waals surface area contributed by atoms with Crippen LogP contribution in [0.1, 0.15) is 107 Å². The Hall–Kier alpha value is -8.28. The summed E-state index contributed by atoms with van der Waals surface area (Å²) in [6.45, 7) is 0. The summed E-state index contributed by atoms with van der Waals surface area (Å²) in [5.74, 6) is 2.23. The number of ketones is 2. The maximum Gasteiger partial charge on any atom is 0.193 e. The van der Waals surface area contributed by atoms with Crippen LogP contribution in [0.2, 0.25) is 0 Å². The highest BCUT2D eigenvalue weighted by atomic mass is 16.5. The molecule has 13 rings (SSSR count). The molecule has 6 unspecified atom stereocenters. The van der Waals surface area contributed by atoms with Crippen molar-refractivity contribution in [3.8, 4) is 16.9 Å². The molecule has 1 heterocycles. The first-order valence-corrected chi connectivity index (χ1v) is 28.1. The van der Waals surface area contributed by atoms with Crippen LogP contribution in [0, 0.1) is 23.7 Å². The van der Waals surface area contributed by atoms with Crippen molar-refractivity contribution in [2.24, 2.45) is 23.7 Å². The van der Waals surface area contributed by atoms with Crippen molar-refractivity contribution >= 4 is 45.7 Å². The van der Waals surface area contributed by atoms with Crippen molar-refractivity contribution in [1.82, 2.24) is 0 Å². The zero-order valence-electron chi connectivity index (χ0n) is 43.5. The number of benzene rings is 9. The summed E-state index contributed by atoms with van der Waals surface area (Å²) in [7, 11) is 0. The van der Waals surface area contributed by atoms with Crippen LogP contribution >= 0.6 is 0 Å². The smallest absolute Gasteiger partial charge is 0.193 e. The van der Waals surface area contributed by atoms with Gasteiger partial charge in [-0.1, -0.05) is 183 Å². The fraction of sp³-hybridized carbons (Fsp3) is 0.222. The third kappa shape index (κ3) is 9.47. The third-order valence-corrected chi connectivity index (χ3v) is 17.7. The van der Waals surface area contributed by atoms with Gasteiger partial charge in [-0.05, 0) is 157 Å². The van der Waals surface area contributed by atoms with E-state index in [1.165, 1.54) is 25.7 Å². The van der Waals surface area contributed by atoms with Gasteiger partial charge in [0.2, 0.25) is 0 Å². The largest absolute Gasteiger partial charge is 0.486 e. The van der Waals surface area contributed by atoms with Gasteiger partial charge in [0.05, 0.1) is 0 Å². The second-order valence-electron chi connectivity index (χ2n) is 22.1. The molecule has 9 aromatic rings. The van der Waals surface area contributed by atoms with Crippen molar-refractivity contribution in [1.29, 1.82) is 0 Å². The number of fused-ring (bicyclic) bond motifs is 4. The van der Waals surface area contributed by atoms with E-state index < -0.39 is 5.60 Å². The van der Waals surface area contributed by atoms with Crippen LogP contribution in [0.15, 0.2) is 243 Å². The van der Waals surface area contributed by atoms with Gasteiger partial charge in [0, 0.05) is 68.2 Å². The Kier molecular flexibility index (Phi) is 13.2. The molecule has 3 fully saturated rings. The van der Waals surface area contributed by atoms with Crippen LogP contribution in [-0.2, 0) is 0 Å². The standard InChI is InChI=1S/C72H64N2O3/c75-70(52-22-8-1-9-23-52)65-48-69-66(46-63(65)50-36-40-61(41-37-50)73(57-28-14-4-15-29-57)58-30-16-5-17-31-58)68-47-64(51-38-42-62(43-39-51)74(59-32-18-6-19-33-59)60-34-20-7-21-35-60)67(71(76)53-24-10-2-11-25-53)49-72(68,77-69)56-27-13-3-12-26-54-44-55(54)45-56/h1-2,4-11,14-25,28-43,46,48,54-56,64,67-68H,3,12-13,26-27,44-45,47,49H2/t54-,55?,56?,64?,67?,68?,72?/m0/s1. The van der Waals surface area contributed by atoms with Gasteiger partial charge in [-0.3, -0.25) is 9.59 Å². The Balaban J connectivity index is 0.956. The van der Waals surface area contributed by atoms with Gasteiger partial charge < -0.3 is 14.5 Å². The molecule has 380 valence electrons. The molecule has 0 saturated heterocycles. The minimum Gasteiger partial charge on any atom is -0.486 e. The topological polar surface area (TPSA) is 49.9 Å². The molecule has 0 bridgehead atoms. The summed E-state index contributed by atoms with van der Waals surface area (Å²) in [4.78, 5) is 35.3. The number of anilines is 6.